The number of fused-ring (bicyclic) bond motifs is 1. The topological polar surface area (TPSA) is 131 Å². The Labute approximate surface area is 343 Å². The van der Waals surface area contributed by atoms with E-state index in [1.54, 1.807) is 79.7 Å². The lowest BCUT2D eigenvalue weighted by atomic mass is 9.85. The van der Waals surface area contributed by atoms with Crippen LogP contribution >= 0.6 is 0 Å². The van der Waals surface area contributed by atoms with E-state index in [1.807, 2.05) is 84.9 Å². The highest BCUT2D eigenvalue weighted by atomic mass is 16.5. The average molecular weight is 789 g/mol. The van der Waals surface area contributed by atoms with Crippen LogP contribution in [-0.2, 0) is 14.3 Å². The summed E-state index contributed by atoms with van der Waals surface area (Å²) in [6.45, 7) is 1.89. The number of rotatable bonds is 14. The number of hydrogen-bond acceptors (Lipinski definition) is 8. The molecule has 0 fully saturated rings. The molecule has 10 heteroatoms. The molecule has 10 nitrogen and oxygen atoms in total. The van der Waals surface area contributed by atoms with Gasteiger partial charge in [-0.05, 0) is 77.7 Å². The van der Waals surface area contributed by atoms with E-state index in [-0.39, 0.29) is 31.8 Å². The lowest BCUT2D eigenvalue weighted by Gasteiger charge is -2.45. The molecule has 0 unspecified atom stereocenters. The Kier molecular flexibility index (Phi) is 12.9. The lowest BCUT2D eigenvalue weighted by Crippen LogP contribution is -2.58. The Morgan fingerprint density at radius 2 is 1.32 bits per heavy atom. The zero-order chi connectivity index (χ0) is 41.1. The molecule has 0 bridgehead atoms. The van der Waals surface area contributed by atoms with Gasteiger partial charge in [0.25, 0.3) is 11.8 Å². The Hall–Kier alpha value is -7.04. The summed E-state index contributed by atoms with van der Waals surface area (Å²) in [5, 5.41) is 12.6. The summed E-state index contributed by atoms with van der Waals surface area (Å²) in [5.41, 5.74) is 5.03. The van der Waals surface area contributed by atoms with Crippen LogP contribution in [0.1, 0.15) is 62.4 Å². The molecule has 3 atom stereocenters. The van der Waals surface area contributed by atoms with Gasteiger partial charge < -0.3 is 29.5 Å². The molecule has 0 saturated heterocycles. The highest BCUT2D eigenvalue weighted by Crippen LogP contribution is 2.43. The minimum Gasteiger partial charge on any atom is -0.493 e. The first kappa shape index (κ1) is 40.2. The molecule has 1 aliphatic rings. The van der Waals surface area contributed by atoms with E-state index in [0.717, 1.165) is 16.7 Å². The van der Waals surface area contributed by atoms with E-state index in [1.165, 1.54) is 4.90 Å². The molecule has 0 spiro atoms. The van der Waals surface area contributed by atoms with Crippen LogP contribution in [0.3, 0.4) is 0 Å². The molecular weight excluding hydrogens is 745 g/mol. The van der Waals surface area contributed by atoms with Crippen molar-refractivity contribution in [3.63, 3.8) is 0 Å². The Morgan fingerprint density at radius 1 is 0.695 bits per heavy atom. The summed E-state index contributed by atoms with van der Waals surface area (Å²) in [5.74, 6) is -1.87. The van der Waals surface area contributed by atoms with Crippen molar-refractivity contribution >= 4 is 29.4 Å². The number of nitrogens with zero attached hydrogens (tertiary/aromatic N) is 1. The highest BCUT2D eigenvalue weighted by molar-refractivity contribution is 6.08. The van der Waals surface area contributed by atoms with E-state index in [0.29, 0.717) is 40.1 Å². The molecule has 59 heavy (non-hydrogen) atoms. The van der Waals surface area contributed by atoms with Crippen LogP contribution in [0.2, 0.25) is 0 Å². The van der Waals surface area contributed by atoms with E-state index in [2.05, 4.69) is 5.32 Å². The fourth-order valence-corrected chi connectivity index (χ4v) is 7.34. The second-order valence-electron chi connectivity index (χ2n) is 13.9. The van der Waals surface area contributed by atoms with Gasteiger partial charge in [-0.25, -0.2) is 4.79 Å². The van der Waals surface area contributed by atoms with Gasteiger partial charge in [-0.1, -0.05) is 109 Å². The van der Waals surface area contributed by atoms with E-state index >= 15 is 0 Å². The van der Waals surface area contributed by atoms with E-state index in [9.17, 15) is 24.3 Å². The molecule has 0 saturated carbocycles. The van der Waals surface area contributed by atoms with E-state index in [4.69, 9.17) is 14.2 Å². The monoisotopic (exact) mass is 788 g/mol. The number of carbonyl (C=O) groups is 4. The molecule has 298 valence electrons. The molecule has 2 N–H and O–H groups in total. The van der Waals surface area contributed by atoms with Crippen LogP contribution in [0.4, 0.5) is 5.69 Å². The SMILES string of the molecule is CCOC(=O)C[C@H]1[C@H](OC(=O)c2ccccc2-c2ccccc2)[C@@H](NC(=O)c2ccc(-c3ccccc3)cc2)c2cc(OCCCO)ccc2N1C(=O)c1ccccc1. The summed E-state index contributed by atoms with van der Waals surface area (Å²) < 4.78 is 18.0. The maximum Gasteiger partial charge on any atom is 0.339 e. The smallest absolute Gasteiger partial charge is 0.339 e. The second kappa shape index (κ2) is 18.9. The molecule has 0 aliphatic carbocycles. The molecule has 0 aromatic heterocycles. The van der Waals surface area contributed by atoms with Crippen molar-refractivity contribution in [2.45, 2.75) is 38.0 Å². The van der Waals surface area contributed by atoms with Gasteiger partial charge in [-0.3, -0.25) is 14.4 Å². The second-order valence-corrected chi connectivity index (χ2v) is 13.9. The van der Waals surface area contributed by atoms with Gasteiger partial charge in [-0.15, -0.1) is 0 Å². The number of hydrogen-bond donors (Lipinski definition) is 2. The molecule has 7 rings (SSSR count). The number of carbonyl (C=O) groups excluding carboxylic acids is 4. The fourth-order valence-electron chi connectivity index (χ4n) is 7.34. The number of benzene rings is 6. The van der Waals surface area contributed by atoms with E-state index < -0.39 is 41.9 Å². The number of nitrogens with one attached hydrogen (secondary N) is 1. The summed E-state index contributed by atoms with van der Waals surface area (Å²) >= 11 is 0. The molecule has 6 aromatic carbocycles. The van der Waals surface area contributed by atoms with Crippen LogP contribution in [0.15, 0.2) is 158 Å². The van der Waals surface area contributed by atoms with Crippen molar-refractivity contribution in [2.75, 3.05) is 24.7 Å². The molecule has 1 heterocycles. The van der Waals surface area contributed by atoms with Crippen molar-refractivity contribution in [3.8, 4) is 28.0 Å². The Balaban J connectivity index is 1.37. The molecule has 6 aromatic rings. The van der Waals surface area contributed by atoms with Gasteiger partial charge in [0.05, 0.1) is 43.0 Å². The van der Waals surface area contributed by atoms with Crippen LogP contribution in [0, 0.1) is 0 Å². The number of aliphatic hydroxyl groups excluding tert-OH is 1. The van der Waals surface area contributed by atoms with Crippen molar-refractivity contribution < 1.29 is 38.5 Å². The molecule has 2 amide bonds. The normalized spacial score (nSPS) is 15.7. The van der Waals surface area contributed by atoms with Gasteiger partial charge in [0.15, 0.2) is 0 Å². The summed E-state index contributed by atoms with van der Waals surface area (Å²) in [6.07, 6.45) is -1.31. The largest absolute Gasteiger partial charge is 0.493 e. The molecule has 1 aliphatic heterocycles. The number of anilines is 1. The summed E-state index contributed by atoms with van der Waals surface area (Å²) in [6, 6.07) is 44.8. The predicted molar refractivity (Wildman–Crippen MR) is 225 cm³/mol. The standard InChI is InChI=1S/C49H44N2O8/c1-2-57-44(53)32-43-46(59-49(56)40-22-13-12-21-39(40)35-17-8-4-9-18-35)45(50-47(54)36-25-23-34(24-26-36)33-15-6-3-7-16-33)41-31-38(58-30-14-29-52)27-28-42(41)51(43)48(55)37-19-10-5-11-20-37/h3-13,15-28,31,43,45-46,52H,2,14,29-30,32H2,1H3,(H,50,54)/t43-,45-,46-/m0/s1. The van der Waals surface area contributed by atoms with Gasteiger partial charge in [0, 0.05) is 29.7 Å². The van der Waals surface area contributed by atoms with Crippen molar-refractivity contribution in [2.24, 2.45) is 0 Å². The molecule has 0 radical (unpaired) electrons. The highest BCUT2D eigenvalue weighted by Gasteiger charge is 2.48. The van der Waals surface area contributed by atoms with Crippen LogP contribution in [0.25, 0.3) is 22.3 Å². The first-order chi connectivity index (χ1) is 28.9. The third-order valence-corrected chi connectivity index (χ3v) is 10.1. The Bertz CT molecular complexity index is 2390. The maximum absolute atomic E-state index is 14.7. The third-order valence-electron chi connectivity index (χ3n) is 10.1. The van der Waals surface area contributed by atoms with Crippen molar-refractivity contribution in [1.82, 2.24) is 5.32 Å². The number of amides is 2. The minimum atomic E-state index is -1.32. The maximum atomic E-state index is 14.7. The van der Waals surface area contributed by atoms with Crippen LogP contribution in [-0.4, -0.2) is 60.8 Å². The van der Waals surface area contributed by atoms with Gasteiger partial charge in [-0.2, -0.15) is 0 Å². The zero-order valence-electron chi connectivity index (χ0n) is 32.5. The summed E-state index contributed by atoms with van der Waals surface area (Å²) in [4.78, 5) is 58.8. The Morgan fingerprint density at radius 3 is 2.00 bits per heavy atom. The number of ether oxygens (including phenoxy) is 3. The number of esters is 2. The average Bonchev–Trinajstić information content (AvgIpc) is 3.28. The zero-order valence-corrected chi connectivity index (χ0v) is 32.5. The van der Waals surface area contributed by atoms with Gasteiger partial charge >= 0.3 is 11.9 Å². The first-order valence-electron chi connectivity index (χ1n) is 19.6. The van der Waals surface area contributed by atoms with Crippen LogP contribution < -0.4 is 15.0 Å². The van der Waals surface area contributed by atoms with Crippen molar-refractivity contribution in [1.29, 1.82) is 0 Å². The van der Waals surface area contributed by atoms with Crippen molar-refractivity contribution in [3.05, 3.63) is 180 Å². The van der Waals surface area contributed by atoms with Crippen LogP contribution in [0.5, 0.6) is 5.75 Å². The fraction of sp³-hybridized carbons (Fsp3) is 0.184. The predicted octanol–water partition coefficient (Wildman–Crippen LogP) is 8.46. The van der Waals surface area contributed by atoms with Gasteiger partial charge in [0.2, 0.25) is 0 Å². The van der Waals surface area contributed by atoms with Gasteiger partial charge in [0.1, 0.15) is 11.9 Å². The first-order valence-corrected chi connectivity index (χ1v) is 19.6. The minimum absolute atomic E-state index is 0.0793. The quantitative estimate of drug-likeness (QED) is 0.0831. The number of aliphatic hydroxyl groups is 1. The summed E-state index contributed by atoms with van der Waals surface area (Å²) in [7, 11) is 0. The molecular formula is C49H44N2O8. The lowest BCUT2D eigenvalue weighted by molar-refractivity contribution is -0.144. The third kappa shape index (κ3) is 9.24.